The SMILES string of the molecule is Cc1nc(-c2ncn[nH]2)ccc1-c1cnc2c(n1)N(CCC1CCCC1)CC(=O)N2. The van der Waals surface area contributed by atoms with E-state index in [1.54, 1.807) is 6.20 Å². The van der Waals surface area contributed by atoms with E-state index in [0.29, 0.717) is 18.2 Å². The van der Waals surface area contributed by atoms with Crippen molar-refractivity contribution in [3.05, 3.63) is 30.4 Å². The number of amides is 1. The van der Waals surface area contributed by atoms with Crippen LogP contribution in [-0.2, 0) is 4.79 Å². The molecule has 1 saturated carbocycles. The first-order valence-electron chi connectivity index (χ1n) is 10.4. The number of aromatic nitrogens is 6. The molecule has 9 nitrogen and oxygen atoms in total. The molecule has 3 aromatic rings. The summed E-state index contributed by atoms with van der Waals surface area (Å²) in [6.45, 7) is 3.08. The Morgan fingerprint density at radius 1 is 1.13 bits per heavy atom. The van der Waals surface area contributed by atoms with Crippen molar-refractivity contribution < 1.29 is 4.79 Å². The zero-order valence-corrected chi connectivity index (χ0v) is 16.9. The van der Waals surface area contributed by atoms with Gasteiger partial charge in [0, 0.05) is 17.8 Å². The number of aromatic amines is 1. The van der Waals surface area contributed by atoms with E-state index >= 15 is 0 Å². The highest BCUT2D eigenvalue weighted by Crippen LogP contribution is 2.32. The second kappa shape index (κ2) is 7.81. The molecule has 30 heavy (non-hydrogen) atoms. The van der Waals surface area contributed by atoms with E-state index < -0.39 is 0 Å². The molecular formula is C21H24N8O. The maximum Gasteiger partial charge on any atom is 0.245 e. The second-order valence-electron chi connectivity index (χ2n) is 8.00. The fourth-order valence-electron chi connectivity index (χ4n) is 4.35. The first-order chi connectivity index (χ1) is 14.7. The van der Waals surface area contributed by atoms with Gasteiger partial charge in [0.05, 0.1) is 18.4 Å². The average Bonchev–Trinajstić information content (AvgIpc) is 3.46. The van der Waals surface area contributed by atoms with Gasteiger partial charge in [-0.2, -0.15) is 5.10 Å². The lowest BCUT2D eigenvalue weighted by molar-refractivity contribution is -0.115. The summed E-state index contributed by atoms with van der Waals surface area (Å²) in [4.78, 5) is 32.4. The van der Waals surface area contributed by atoms with Crippen LogP contribution in [0.1, 0.15) is 37.8 Å². The van der Waals surface area contributed by atoms with Crippen molar-refractivity contribution in [2.75, 3.05) is 23.3 Å². The first-order valence-corrected chi connectivity index (χ1v) is 10.4. The maximum absolute atomic E-state index is 12.1. The second-order valence-corrected chi connectivity index (χ2v) is 8.00. The molecule has 0 bridgehead atoms. The molecule has 1 fully saturated rings. The van der Waals surface area contributed by atoms with Crippen LogP contribution >= 0.6 is 0 Å². The zero-order valence-electron chi connectivity index (χ0n) is 16.9. The molecular weight excluding hydrogens is 380 g/mol. The predicted molar refractivity (Wildman–Crippen MR) is 113 cm³/mol. The van der Waals surface area contributed by atoms with Gasteiger partial charge in [0.2, 0.25) is 5.91 Å². The third kappa shape index (κ3) is 3.62. The number of carbonyl (C=O) groups is 1. The van der Waals surface area contributed by atoms with Crippen molar-refractivity contribution in [2.45, 2.75) is 39.0 Å². The van der Waals surface area contributed by atoms with Crippen LogP contribution in [0.3, 0.4) is 0 Å². The smallest absolute Gasteiger partial charge is 0.245 e. The van der Waals surface area contributed by atoms with Gasteiger partial charge in [-0.15, -0.1) is 0 Å². The molecule has 0 saturated heterocycles. The van der Waals surface area contributed by atoms with Crippen molar-refractivity contribution >= 4 is 17.5 Å². The minimum atomic E-state index is -0.0368. The highest BCUT2D eigenvalue weighted by Gasteiger charge is 2.26. The molecule has 2 aliphatic rings. The molecule has 1 aliphatic heterocycles. The van der Waals surface area contributed by atoms with Gasteiger partial charge in [0.25, 0.3) is 0 Å². The number of rotatable bonds is 5. The standard InChI is InChI=1S/C21H24N8O/c1-13-15(6-7-16(25-13)19-23-12-24-28-19)17-10-22-20-21(26-17)29(11-18(30)27-20)9-8-14-4-2-3-5-14/h6-7,10,12,14H,2-5,8-9,11H2,1H3,(H,22,27,30)(H,23,24,28). The number of pyridine rings is 1. The van der Waals surface area contributed by atoms with Gasteiger partial charge in [-0.1, -0.05) is 25.7 Å². The Kier molecular flexibility index (Phi) is 4.86. The fraction of sp³-hybridized carbons (Fsp3) is 0.429. The number of nitrogens with one attached hydrogen (secondary N) is 2. The molecule has 1 aliphatic carbocycles. The van der Waals surface area contributed by atoms with Crippen LogP contribution in [0.15, 0.2) is 24.7 Å². The average molecular weight is 404 g/mol. The van der Waals surface area contributed by atoms with Crippen LogP contribution in [0.25, 0.3) is 22.8 Å². The topological polar surface area (TPSA) is 113 Å². The third-order valence-electron chi connectivity index (χ3n) is 5.95. The molecule has 5 rings (SSSR count). The number of carbonyl (C=O) groups excluding carboxylic acids is 1. The lowest BCUT2D eigenvalue weighted by Crippen LogP contribution is -2.40. The Hall–Kier alpha value is -3.36. The van der Waals surface area contributed by atoms with Gasteiger partial charge in [-0.3, -0.25) is 9.89 Å². The van der Waals surface area contributed by atoms with Crippen LogP contribution in [0.2, 0.25) is 0 Å². The minimum absolute atomic E-state index is 0.0368. The normalized spacial score (nSPS) is 16.6. The summed E-state index contributed by atoms with van der Waals surface area (Å²) in [6, 6.07) is 3.87. The molecule has 9 heteroatoms. The van der Waals surface area contributed by atoms with Crippen molar-refractivity contribution in [1.29, 1.82) is 0 Å². The number of anilines is 2. The highest BCUT2D eigenvalue weighted by atomic mass is 16.2. The Morgan fingerprint density at radius 3 is 2.77 bits per heavy atom. The summed E-state index contributed by atoms with van der Waals surface area (Å²) in [5.74, 6) is 2.62. The Labute approximate surface area is 174 Å². The number of hydrogen-bond donors (Lipinski definition) is 2. The van der Waals surface area contributed by atoms with Gasteiger partial charge in [-0.25, -0.2) is 19.9 Å². The summed E-state index contributed by atoms with van der Waals surface area (Å²) >= 11 is 0. The number of fused-ring (bicyclic) bond motifs is 1. The fourth-order valence-corrected chi connectivity index (χ4v) is 4.35. The van der Waals surface area contributed by atoms with Gasteiger partial charge < -0.3 is 10.2 Å². The predicted octanol–water partition coefficient (Wildman–Crippen LogP) is 2.97. The number of nitrogens with zero attached hydrogens (tertiary/aromatic N) is 6. The summed E-state index contributed by atoms with van der Waals surface area (Å²) in [6.07, 6.45) is 9.47. The van der Waals surface area contributed by atoms with Crippen LogP contribution < -0.4 is 10.2 Å². The minimum Gasteiger partial charge on any atom is -0.344 e. The maximum atomic E-state index is 12.1. The van der Waals surface area contributed by atoms with E-state index in [1.165, 1.54) is 32.0 Å². The van der Waals surface area contributed by atoms with Crippen LogP contribution in [-0.4, -0.2) is 49.1 Å². The Morgan fingerprint density at radius 2 is 2.00 bits per heavy atom. The number of aryl methyl sites for hydroxylation is 1. The molecule has 154 valence electrons. The van der Waals surface area contributed by atoms with E-state index in [9.17, 15) is 4.79 Å². The monoisotopic (exact) mass is 404 g/mol. The molecule has 3 aromatic heterocycles. The van der Waals surface area contributed by atoms with Crippen LogP contribution in [0.4, 0.5) is 11.6 Å². The largest absolute Gasteiger partial charge is 0.344 e. The van der Waals surface area contributed by atoms with E-state index in [4.69, 9.17) is 4.98 Å². The summed E-state index contributed by atoms with van der Waals surface area (Å²) in [5, 5.41) is 9.56. The number of hydrogen-bond acceptors (Lipinski definition) is 7. The molecule has 0 unspecified atom stereocenters. The molecule has 1 amide bonds. The highest BCUT2D eigenvalue weighted by molar-refractivity contribution is 5.99. The molecule has 2 N–H and O–H groups in total. The Balaban J connectivity index is 1.43. The van der Waals surface area contributed by atoms with Crippen molar-refractivity contribution in [3.63, 3.8) is 0 Å². The third-order valence-corrected chi connectivity index (χ3v) is 5.95. The molecule has 0 aromatic carbocycles. The van der Waals surface area contributed by atoms with Crippen LogP contribution in [0, 0.1) is 12.8 Å². The summed E-state index contributed by atoms with van der Waals surface area (Å²) in [7, 11) is 0. The van der Waals surface area contributed by atoms with E-state index in [-0.39, 0.29) is 5.91 Å². The van der Waals surface area contributed by atoms with Crippen LogP contribution in [0.5, 0.6) is 0 Å². The number of H-pyrrole nitrogens is 1. The van der Waals surface area contributed by atoms with Gasteiger partial charge in [0.15, 0.2) is 17.5 Å². The lowest BCUT2D eigenvalue weighted by atomic mass is 10.0. The van der Waals surface area contributed by atoms with Gasteiger partial charge in [-0.05, 0) is 31.4 Å². The molecule has 4 heterocycles. The molecule has 0 radical (unpaired) electrons. The summed E-state index contributed by atoms with van der Waals surface area (Å²) < 4.78 is 0. The lowest BCUT2D eigenvalue weighted by Gasteiger charge is -2.30. The molecule has 0 spiro atoms. The molecule has 0 atom stereocenters. The first kappa shape index (κ1) is 18.7. The zero-order chi connectivity index (χ0) is 20.5. The van der Waals surface area contributed by atoms with E-state index in [0.717, 1.165) is 47.3 Å². The summed E-state index contributed by atoms with van der Waals surface area (Å²) in [5.41, 5.74) is 3.20. The quantitative estimate of drug-likeness (QED) is 0.672. The van der Waals surface area contributed by atoms with Crippen molar-refractivity contribution in [1.82, 2.24) is 30.1 Å². The van der Waals surface area contributed by atoms with Crippen molar-refractivity contribution in [2.24, 2.45) is 5.92 Å². The van der Waals surface area contributed by atoms with Gasteiger partial charge >= 0.3 is 0 Å². The Bertz CT molecular complexity index is 1060. The van der Waals surface area contributed by atoms with E-state index in [2.05, 4.69) is 35.4 Å². The van der Waals surface area contributed by atoms with Crippen molar-refractivity contribution in [3.8, 4) is 22.8 Å². The van der Waals surface area contributed by atoms with E-state index in [1.807, 2.05) is 19.1 Å². The van der Waals surface area contributed by atoms with Gasteiger partial charge in [0.1, 0.15) is 12.0 Å².